The summed E-state index contributed by atoms with van der Waals surface area (Å²) in [4.78, 5) is 0. The Morgan fingerprint density at radius 2 is 2.33 bits per heavy atom. The van der Waals surface area contributed by atoms with Crippen LogP contribution >= 0.6 is 11.6 Å². The highest BCUT2D eigenvalue weighted by Gasteiger charge is 2.10. The van der Waals surface area contributed by atoms with E-state index in [1.165, 1.54) is 0 Å². The van der Waals surface area contributed by atoms with Crippen molar-refractivity contribution in [3.05, 3.63) is 11.8 Å². The molecule has 1 unspecified atom stereocenters. The molecule has 0 bridgehead atoms. The van der Waals surface area contributed by atoms with E-state index in [9.17, 15) is 0 Å². The maximum atomic E-state index is 5.72. The molecule has 1 aromatic heterocycles. The Kier molecular flexibility index (Phi) is 3.49. The van der Waals surface area contributed by atoms with E-state index in [-0.39, 0.29) is 5.38 Å². The van der Waals surface area contributed by atoms with Crippen molar-refractivity contribution in [3.63, 3.8) is 0 Å². The Morgan fingerprint density at radius 1 is 1.58 bits per heavy atom. The maximum absolute atomic E-state index is 5.72. The van der Waals surface area contributed by atoms with Crippen LogP contribution in [-0.2, 0) is 11.2 Å². The number of hydrogen-bond donors (Lipinski definition) is 0. The molecular weight excluding hydrogens is 180 g/mol. The van der Waals surface area contributed by atoms with Crippen LogP contribution in [0.3, 0.4) is 0 Å². The zero-order valence-electron chi connectivity index (χ0n) is 7.08. The first-order valence-electron chi connectivity index (χ1n) is 3.69. The third-order valence-corrected chi connectivity index (χ3v) is 1.53. The molecule has 68 valence electrons. The largest absolute Gasteiger partial charge is 0.424 e. The summed E-state index contributed by atoms with van der Waals surface area (Å²) < 4.78 is 10.1. The number of hydrogen-bond acceptors (Lipinski definition) is 4. The predicted octanol–water partition coefficient (Wildman–Crippen LogP) is 1.56. The number of nitrogens with zero attached hydrogens (tertiary/aromatic N) is 2. The van der Waals surface area contributed by atoms with Crippen molar-refractivity contribution in [2.75, 3.05) is 13.7 Å². The molecule has 1 atom stereocenters. The van der Waals surface area contributed by atoms with Crippen LogP contribution in [0, 0.1) is 0 Å². The van der Waals surface area contributed by atoms with Gasteiger partial charge in [0, 0.05) is 13.5 Å². The molecule has 0 spiro atoms. The van der Waals surface area contributed by atoms with Crippen LogP contribution in [0.1, 0.15) is 24.1 Å². The second-order valence-electron chi connectivity index (χ2n) is 2.39. The molecule has 5 heteroatoms. The fraction of sp³-hybridized carbons (Fsp3) is 0.714. The van der Waals surface area contributed by atoms with Crippen LogP contribution in [0.4, 0.5) is 0 Å². The Labute approximate surface area is 75.9 Å². The highest BCUT2D eigenvalue weighted by molar-refractivity contribution is 6.20. The van der Waals surface area contributed by atoms with Crippen molar-refractivity contribution in [2.45, 2.75) is 18.7 Å². The topological polar surface area (TPSA) is 48.2 Å². The summed E-state index contributed by atoms with van der Waals surface area (Å²) in [7, 11) is 1.63. The molecule has 0 aliphatic heterocycles. The molecule has 0 saturated carbocycles. The average molecular weight is 191 g/mol. The molecule has 0 fully saturated rings. The van der Waals surface area contributed by atoms with Crippen LogP contribution in [0.5, 0.6) is 0 Å². The third-order valence-electron chi connectivity index (χ3n) is 1.34. The van der Waals surface area contributed by atoms with E-state index in [2.05, 4.69) is 10.2 Å². The molecule has 0 aliphatic rings. The van der Waals surface area contributed by atoms with Gasteiger partial charge >= 0.3 is 0 Å². The second-order valence-corrected chi connectivity index (χ2v) is 3.05. The molecular formula is C7H11ClN2O2. The normalized spacial score (nSPS) is 13.2. The van der Waals surface area contributed by atoms with E-state index in [1.54, 1.807) is 14.0 Å². The fourth-order valence-electron chi connectivity index (χ4n) is 0.718. The number of rotatable bonds is 4. The van der Waals surface area contributed by atoms with Gasteiger partial charge in [-0.15, -0.1) is 21.8 Å². The third kappa shape index (κ3) is 2.46. The van der Waals surface area contributed by atoms with Gasteiger partial charge in [-0.05, 0) is 6.92 Å². The van der Waals surface area contributed by atoms with E-state index in [1.807, 2.05) is 0 Å². The highest BCUT2D eigenvalue weighted by atomic mass is 35.5. The smallest absolute Gasteiger partial charge is 0.234 e. The first-order valence-corrected chi connectivity index (χ1v) is 4.13. The van der Waals surface area contributed by atoms with Crippen LogP contribution in [-0.4, -0.2) is 23.9 Å². The van der Waals surface area contributed by atoms with Crippen LogP contribution in [0.25, 0.3) is 0 Å². The molecule has 0 N–H and O–H groups in total. The summed E-state index contributed by atoms with van der Waals surface area (Å²) in [5, 5.41) is 7.33. The summed E-state index contributed by atoms with van der Waals surface area (Å²) in [6, 6.07) is 0. The molecule has 1 aromatic rings. The minimum atomic E-state index is -0.228. The summed E-state index contributed by atoms with van der Waals surface area (Å²) in [5.41, 5.74) is 0. The van der Waals surface area contributed by atoms with Crippen molar-refractivity contribution >= 4 is 11.6 Å². The highest BCUT2D eigenvalue weighted by Crippen LogP contribution is 2.17. The van der Waals surface area contributed by atoms with E-state index in [4.69, 9.17) is 20.8 Å². The lowest BCUT2D eigenvalue weighted by Gasteiger charge is -1.93. The van der Waals surface area contributed by atoms with Gasteiger partial charge in [-0.2, -0.15) is 0 Å². The minimum absolute atomic E-state index is 0.228. The monoisotopic (exact) mass is 190 g/mol. The lowest BCUT2D eigenvalue weighted by Crippen LogP contribution is -1.93. The zero-order chi connectivity index (χ0) is 8.97. The van der Waals surface area contributed by atoms with Gasteiger partial charge < -0.3 is 9.15 Å². The summed E-state index contributed by atoms with van der Waals surface area (Å²) in [5.74, 6) is 1.03. The van der Waals surface area contributed by atoms with E-state index in [0.717, 1.165) is 0 Å². The van der Waals surface area contributed by atoms with Gasteiger partial charge in [0.05, 0.1) is 6.61 Å². The van der Waals surface area contributed by atoms with Gasteiger partial charge in [0.15, 0.2) is 0 Å². The first-order chi connectivity index (χ1) is 5.74. The van der Waals surface area contributed by atoms with Gasteiger partial charge in [-0.25, -0.2) is 0 Å². The van der Waals surface area contributed by atoms with Crippen molar-refractivity contribution in [1.82, 2.24) is 10.2 Å². The summed E-state index contributed by atoms with van der Waals surface area (Å²) in [6.45, 7) is 2.37. The molecule has 0 saturated heterocycles. The van der Waals surface area contributed by atoms with Crippen LogP contribution in [0.2, 0.25) is 0 Å². The SMILES string of the molecule is COCCc1nnc(C(C)Cl)o1. The number of ether oxygens (including phenoxy) is 1. The number of aromatic nitrogens is 2. The van der Waals surface area contributed by atoms with Crippen molar-refractivity contribution in [3.8, 4) is 0 Å². The lowest BCUT2D eigenvalue weighted by molar-refractivity contribution is 0.194. The van der Waals surface area contributed by atoms with E-state index in [0.29, 0.717) is 24.8 Å². The van der Waals surface area contributed by atoms with Crippen LogP contribution < -0.4 is 0 Å². The van der Waals surface area contributed by atoms with Crippen molar-refractivity contribution < 1.29 is 9.15 Å². The number of alkyl halides is 1. The quantitative estimate of drug-likeness (QED) is 0.676. The molecule has 0 radical (unpaired) electrons. The fourth-order valence-corrected chi connectivity index (χ4v) is 0.806. The van der Waals surface area contributed by atoms with Crippen molar-refractivity contribution in [1.29, 1.82) is 0 Å². The Hall–Kier alpha value is -0.610. The molecule has 12 heavy (non-hydrogen) atoms. The van der Waals surface area contributed by atoms with Gasteiger partial charge in [0.25, 0.3) is 0 Å². The lowest BCUT2D eigenvalue weighted by atomic mass is 10.4. The van der Waals surface area contributed by atoms with Crippen molar-refractivity contribution in [2.24, 2.45) is 0 Å². The molecule has 1 rings (SSSR count). The second kappa shape index (κ2) is 4.42. The Morgan fingerprint density at radius 3 is 2.83 bits per heavy atom. The minimum Gasteiger partial charge on any atom is -0.424 e. The van der Waals surface area contributed by atoms with E-state index < -0.39 is 0 Å². The standard InChI is InChI=1S/C7H11ClN2O2/c1-5(8)7-10-9-6(12-7)3-4-11-2/h5H,3-4H2,1-2H3. The van der Waals surface area contributed by atoms with E-state index >= 15 is 0 Å². The number of halogens is 1. The Balaban J connectivity index is 2.52. The van der Waals surface area contributed by atoms with Gasteiger partial charge in [0.2, 0.25) is 11.8 Å². The first kappa shape index (κ1) is 9.48. The summed E-state index contributed by atoms with van der Waals surface area (Å²) in [6.07, 6.45) is 0.632. The number of methoxy groups -OCH3 is 1. The Bertz CT molecular complexity index is 237. The zero-order valence-corrected chi connectivity index (χ0v) is 7.84. The van der Waals surface area contributed by atoms with Gasteiger partial charge in [-0.3, -0.25) is 0 Å². The molecule has 0 aromatic carbocycles. The van der Waals surface area contributed by atoms with Gasteiger partial charge in [-0.1, -0.05) is 0 Å². The molecule has 4 nitrogen and oxygen atoms in total. The molecule has 0 aliphatic carbocycles. The predicted molar refractivity (Wildman–Crippen MR) is 44.1 cm³/mol. The molecule has 0 amide bonds. The average Bonchev–Trinajstić information content (AvgIpc) is 2.48. The van der Waals surface area contributed by atoms with Crippen LogP contribution in [0.15, 0.2) is 4.42 Å². The van der Waals surface area contributed by atoms with Gasteiger partial charge in [0.1, 0.15) is 5.38 Å². The summed E-state index contributed by atoms with van der Waals surface area (Å²) >= 11 is 5.72. The maximum Gasteiger partial charge on any atom is 0.234 e. The molecule has 1 heterocycles.